The van der Waals surface area contributed by atoms with Crippen LogP contribution < -0.4 is 5.32 Å². The standard InChI is InChI=1S/C10H11BrFNO/c1-6-5-8(12)3-4-9(6)13-10(14)7(2)11/h3-5,7H,1-2H3,(H,13,14). The molecule has 2 nitrogen and oxygen atoms in total. The molecule has 0 bridgehead atoms. The molecule has 0 fully saturated rings. The molecule has 76 valence electrons. The minimum Gasteiger partial charge on any atom is -0.325 e. The summed E-state index contributed by atoms with van der Waals surface area (Å²) in [5.74, 6) is -0.438. The Labute approximate surface area is 90.6 Å². The van der Waals surface area contributed by atoms with Crippen LogP contribution in [-0.4, -0.2) is 10.7 Å². The molecule has 0 saturated heterocycles. The lowest BCUT2D eigenvalue weighted by Gasteiger charge is -2.09. The third-order valence-electron chi connectivity index (χ3n) is 1.81. The molecule has 14 heavy (non-hydrogen) atoms. The number of amides is 1. The normalized spacial score (nSPS) is 12.3. The summed E-state index contributed by atoms with van der Waals surface area (Å²) in [4.78, 5) is 11.0. The third kappa shape index (κ3) is 2.80. The van der Waals surface area contributed by atoms with Crippen LogP contribution in [0.2, 0.25) is 0 Å². The van der Waals surface area contributed by atoms with E-state index in [2.05, 4.69) is 21.2 Å². The molecule has 1 aromatic carbocycles. The molecule has 0 aliphatic rings. The molecule has 1 N–H and O–H groups in total. The van der Waals surface area contributed by atoms with Crippen molar-refractivity contribution in [2.45, 2.75) is 18.7 Å². The van der Waals surface area contributed by atoms with Crippen LogP contribution in [0, 0.1) is 12.7 Å². The Morgan fingerprint density at radius 2 is 2.21 bits per heavy atom. The Balaban J connectivity index is 2.82. The Morgan fingerprint density at radius 1 is 1.57 bits per heavy atom. The smallest absolute Gasteiger partial charge is 0.237 e. The predicted molar refractivity (Wildman–Crippen MR) is 58.2 cm³/mol. The number of benzene rings is 1. The highest BCUT2D eigenvalue weighted by atomic mass is 79.9. The predicted octanol–water partition coefficient (Wildman–Crippen LogP) is 2.86. The molecule has 4 heteroatoms. The molecule has 1 aromatic rings. The van der Waals surface area contributed by atoms with Crippen molar-refractivity contribution in [2.75, 3.05) is 5.32 Å². The Kier molecular flexibility index (Phi) is 3.63. The molecule has 1 unspecified atom stereocenters. The zero-order valence-electron chi connectivity index (χ0n) is 7.97. The summed E-state index contributed by atoms with van der Waals surface area (Å²) in [6.45, 7) is 3.48. The zero-order chi connectivity index (χ0) is 10.7. The van der Waals surface area contributed by atoms with E-state index in [1.807, 2.05) is 0 Å². The molecule has 1 amide bonds. The van der Waals surface area contributed by atoms with E-state index in [4.69, 9.17) is 0 Å². The lowest BCUT2D eigenvalue weighted by atomic mass is 10.2. The minimum absolute atomic E-state index is 0.139. The van der Waals surface area contributed by atoms with Crippen LogP contribution in [0.5, 0.6) is 0 Å². The fourth-order valence-electron chi connectivity index (χ4n) is 1.000. The molecule has 0 radical (unpaired) electrons. The quantitative estimate of drug-likeness (QED) is 0.814. The van der Waals surface area contributed by atoms with E-state index < -0.39 is 0 Å². The second kappa shape index (κ2) is 4.55. The molecule has 0 heterocycles. The van der Waals surface area contributed by atoms with Crippen molar-refractivity contribution in [3.63, 3.8) is 0 Å². The second-order valence-corrected chi connectivity index (χ2v) is 4.44. The maximum atomic E-state index is 12.7. The Hall–Kier alpha value is -0.900. The first-order valence-electron chi connectivity index (χ1n) is 4.22. The molecule has 0 aromatic heterocycles. The summed E-state index contributed by atoms with van der Waals surface area (Å²) in [5.41, 5.74) is 1.36. The Morgan fingerprint density at radius 3 is 2.71 bits per heavy atom. The van der Waals surface area contributed by atoms with Crippen LogP contribution in [0.25, 0.3) is 0 Å². The van der Waals surface area contributed by atoms with Gasteiger partial charge in [-0.1, -0.05) is 15.9 Å². The van der Waals surface area contributed by atoms with Gasteiger partial charge in [0, 0.05) is 5.69 Å². The van der Waals surface area contributed by atoms with E-state index in [0.717, 1.165) is 0 Å². The van der Waals surface area contributed by atoms with Crippen molar-refractivity contribution in [3.8, 4) is 0 Å². The summed E-state index contributed by atoms with van der Waals surface area (Å²) in [5, 5.41) is 2.68. The number of anilines is 1. The number of hydrogen-bond donors (Lipinski definition) is 1. The first kappa shape index (κ1) is 11.2. The monoisotopic (exact) mass is 259 g/mol. The minimum atomic E-state index is -0.299. The summed E-state index contributed by atoms with van der Waals surface area (Å²) in [7, 11) is 0. The van der Waals surface area contributed by atoms with Crippen molar-refractivity contribution in [1.82, 2.24) is 0 Å². The van der Waals surface area contributed by atoms with E-state index in [9.17, 15) is 9.18 Å². The third-order valence-corrected chi connectivity index (χ3v) is 2.22. The maximum Gasteiger partial charge on any atom is 0.237 e. The van der Waals surface area contributed by atoms with E-state index in [0.29, 0.717) is 11.3 Å². The summed E-state index contributed by atoms with van der Waals surface area (Å²) in [6.07, 6.45) is 0. The average Bonchev–Trinajstić information content (AvgIpc) is 2.09. The highest BCUT2D eigenvalue weighted by Gasteiger charge is 2.09. The van der Waals surface area contributed by atoms with E-state index in [-0.39, 0.29) is 16.6 Å². The number of carbonyl (C=O) groups is 1. The zero-order valence-corrected chi connectivity index (χ0v) is 9.56. The van der Waals surface area contributed by atoms with Crippen molar-refractivity contribution in [3.05, 3.63) is 29.6 Å². The van der Waals surface area contributed by atoms with Crippen LogP contribution in [0.1, 0.15) is 12.5 Å². The second-order valence-electron chi connectivity index (χ2n) is 3.06. The first-order chi connectivity index (χ1) is 6.50. The van der Waals surface area contributed by atoms with Gasteiger partial charge in [0.15, 0.2) is 0 Å². The lowest BCUT2D eigenvalue weighted by Crippen LogP contribution is -2.20. The van der Waals surface area contributed by atoms with Gasteiger partial charge < -0.3 is 5.32 Å². The van der Waals surface area contributed by atoms with Crippen LogP contribution in [-0.2, 0) is 4.79 Å². The Bertz CT molecular complexity index is 352. The summed E-state index contributed by atoms with van der Waals surface area (Å²) in [6, 6.07) is 4.26. The number of alkyl halides is 1. The number of rotatable bonds is 2. The lowest BCUT2D eigenvalue weighted by molar-refractivity contribution is -0.115. The van der Waals surface area contributed by atoms with Crippen LogP contribution >= 0.6 is 15.9 Å². The maximum absolute atomic E-state index is 12.7. The SMILES string of the molecule is Cc1cc(F)ccc1NC(=O)C(C)Br. The highest BCUT2D eigenvalue weighted by molar-refractivity contribution is 9.10. The average molecular weight is 260 g/mol. The van der Waals surface area contributed by atoms with Gasteiger partial charge in [0.05, 0.1) is 4.83 Å². The van der Waals surface area contributed by atoms with E-state index in [1.165, 1.54) is 12.1 Å². The van der Waals surface area contributed by atoms with Crippen LogP contribution in [0.15, 0.2) is 18.2 Å². The number of carbonyl (C=O) groups excluding carboxylic acids is 1. The highest BCUT2D eigenvalue weighted by Crippen LogP contribution is 2.16. The van der Waals surface area contributed by atoms with E-state index in [1.54, 1.807) is 19.9 Å². The van der Waals surface area contributed by atoms with Crippen molar-refractivity contribution < 1.29 is 9.18 Å². The van der Waals surface area contributed by atoms with Crippen LogP contribution in [0.3, 0.4) is 0 Å². The fraction of sp³-hybridized carbons (Fsp3) is 0.300. The molecular formula is C10H11BrFNO. The van der Waals surface area contributed by atoms with Gasteiger partial charge in [0.1, 0.15) is 5.82 Å². The van der Waals surface area contributed by atoms with Gasteiger partial charge >= 0.3 is 0 Å². The van der Waals surface area contributed by atoms with Crippen LogP contribution in [0.4, 0.5) is 10.1 Å². The number of aryl methyl sites for hydroxylation is 1. The number of halogens is 2. The summed E-state index contributed by atoms with van der Waals surface area (Å²) >= 11 is 3.15. The fourth-order valence-corrected chi connectivity index (χ4v) is 1.11. The first-order valence-corrected chi connectivity index (χ1v) is 5.13. The largest absolute Gasteiger partial charge is 0.325 e. The summed E-state index contributed by atoms with van der Waals surface area (Å²) < 4.78 is 12.7. The molecule has 0 aliphatic carbocycles. The molecule has 0 aliphatic heterocycles. The molecule has 0 saturated carbocycles. The van der Waals surface area contributed by atoms with Gasteiger partial charge in [-0.3, -0.25) is 4.79 Å². The van der Waals surface area contributed by atoms with Gasteiger partial charge in [0.25, 0.3) is 0 Å². The molecular weight excluding hydrogens is 249 g/mol. The van der Waals surface area contributed by atoms with Gasteiger partial charge in [-0.25, -0.2) is 4.39 Å². The van der Waals surface area contributed by atoms with Crippen molar-refractivity contribution >= 4 is 27.5 Å². The molecule has 1 rings (SSSR count). The van der Waals surface area contributed by atoms with Gasteiger partial charge in [-0.15, -0.1) is 0 Å². The van der Waals surface area contributed by atoms with Crippen molar-refractivity contribution in [2.24, 2.45) is 0 Å². The van der Waals surface area contributed by atoms with Gasteiger partial charge in [-0.2, -0.15) is 0 Å². The van der Waals surface area contributed by atoms with Gasteiger partial charge in [-0.05, 0) is 37.6 Å². The van der Waals surface area contributed by atoms with Gasteiger partial charge in [0.2, 0.25) is 5.91 Å². The topological polar surface area (TPSA) is 29.1 Å². The van der Waals surface area contributed by atoms with E-state index >= 15 is 0 Å². The van der Waals surface area contributed by atoms with Crippen molar-refractivity contribution in [1.29, 1.82) is 0 Å². The molecule has 1 atom stereocenters. The number of hydrogen-bond acceptors (Lipinski definition) is 1. The molecule has 0 spiro atoms. The number of nitrogens with one attached hydrogen (secondary N) is 1.